The zero-order valence-electron chi connectivity index (χ0n) is 9.58. The minimum Gasteiger partial charge on any atom is -1.00 e. The summed E-state index contributed by atoms with van der Waals surface area (Å²) < 4.78 is 5.65. The molecule has 0 fully saturated rings. The first-order valence-electron chi connectivity index (χ1n) is 5.16. The highest BCUT2D eigenvalue weighted by molar-refractivity contribution is 5.79. The third kappa shape index (κ3) is 3.99. The van der Waals surface area contributed by atoms with Gasteiger partial charge in [-0.05, 0) is 24.3 Å². The normalized spacial score (nSPS) is 9.11. The summed E-state index contributed by atoms with van der Waals surface area (Å²) in [4.78, 5) is 3.95. The van der Waals surface area contributed by atoms with Crippen LogP contribution in [0.4, 0.5) is 5.69 Å². The van der Waals surface area contributed by atoms with Gasteiger partial charge in [-0.3, -0.25) is 0 Å². The highest BCUT2D eigenvalue weighted by atomic mass is 35.5. The van der Waals surface area contributed by atoms with Gasteiger partial charge in [0.2, 0.25) is 0 Å². The Bertz CT molecular complexity index is 525. The van der Waals surface area contributed by atoms with Gasteiger partial charge in [0, 0.05) is 6.07 Å². The molecule has 2 aromatic rings. The van der Waals surface area contributed by atoms with Crippen LogP contribution in [0.2, 0.25) is 0 Å². The molecule has 0 spiro atoms. The second kappa shape index (κ2) is 6.51. The van der Waals surface area contributed by atoms with Crippen LogP contribution in [0.1, 0.15) is 0 Å². The SMILES string of the molecule is NC(N)=Nc1cccc(Oc2ccccc2)c1.[Cl-]. The lowest BCUT2D eigenvalue weighted by Gasteiger charge is -2.05. The Morgan fingerprint density at radius 2 is 1.56 bits per heavy atom. The standard InChI is InChI=1S/C13H13N3O.ClH/c14-13(15)16-10-5-4-8-12(9-10)17-11-6-2-1-3-7-11;/h1-9H,(H4,14,15,16);1H/p-1. The third-order valence-corrected chi connectivity index (χ3v) is 2.05. The summed E-state index contributed by atoms with van der Waals surface area (Å²) in [6, 6.07) is 16.8. The van der Waals surface area contributed by atoms with Crippen LogP contribution in [-0.2, 0) is 0 Å². The van der Waals surface area contributed by atoms with Crippen LogP contribution in [0, 0.1) is 0 Å². The van der Waals surface area contributed by atoms with E-state index in [0.717, 1.165) is 5.75 Å². The molecule has 0 atom stereocenters. The molecule has 0 aliphatic heterocycles. The minimum absolute atomic E-state index is 0. The molecule has 94 valence electrons. The molecule has 0 saturated carbocycles. The minimum atomic E-state index is 0. The molecule has 2 aromatic carbocycles. The molecule has 0 amide bonds. The maximum Gasteiger partial charge on any atom is 0.191 e. The molecule has 0 bridgehead atoms. The van der Waals surface area contributed by atoms with Crippen molar-refractivity contribution in [1.82, 2.24) is 0 Å². The van der Waals surface area contributed by atoms with Gasteiger partial charge in [-0.25, -0.2) is 4.99 Å². The molecule has 0 unspecified atom stereocenters. The lowest BCUT2D eigenvalue weighted by molar-refractivity contribution is -0.00000430. The Balaban J connectivity index is 0.00000162. The number of hydrogen-bond acceptors (Lipinski definition) is 2. The van der Waals surface area contributed by atoms with Gasteiger partial charge in [0.1, 0.15) is 11.5 Å². The fourth-order valence-corrected chi connectivity index (χ4v) is 1.39. The van der Waals surface area contributed by atoms with E-state index in [2.05, 4.69) is 4.99 Å². The molecule has 18 heavy (non-hydrogen) atoms. The molecular formula is C13H13ClN3O-. The Kier molecular flexibility index (Phi) is 5.02. The van der Waals surface area contributed by atoms with Crippen molar-refractivity contribution in [3.05, 3.63) is 54.6 Å². The molecule has 5 heteroatoms. The Labute approximate surface area is 112 Å². The van der Waals surface area contributed by atoms with Crippen molar-refractivity contribution in [2.75, 3.05) is 0 Å². The number of halogens is 1. The quantitative estimate of drug-likeness (QED) is 0.572. The topological polar surface area (TPSA) is 73.6 Å². The van der Waals surface area contributed by atoms with Crippen LogP contribution < -0.4 is 28.6 Å². The van der Waals surface area contributed by atoms with Gasteiger partial charge in [0.25, 0.3) is 0 Å². The van der Waals surface area contributed by atoms with E-state index in [-0.39, 0.29) is 18.4 Å². The summed E-state index contributed by atoms with van der Waals surface area (Å²) in [6.45, 7) is 0. The third-order valence-electron chi connectivity index (χ3n) is 2.05. The van der Waals surface area contributed by atoms with Gasteiger partial charge < -0.3 is 28.6 Å². The van der Waals surface area contributed by atoms with Crippen molar-refractivity contribution in [3.8, 4) is 11.5 Å². The van der Waals surface area contributed by atoms with Crippen molar-refractivity contribution in [3.63, 3.8) is 0 Å². The van der Waals surface area contributed by atoms with Crippen LogP contribution in [0.5, 0.6) is 11.5 Å². The second-order valence-corrected chi connectivity index (χ2v) is 3.45. The number of rotatable bonds is 3. The molecular weight excluding hydrogens is 250 g/mol. The van der Waals surface area contributed by atoms with Crippen molar-refractivity contribution in [1.29, 1.82) is 0 Å². The van der Waals surface area contributed by atoms with E-state index in [1.54, 1.807) is 12.1 Å². The van der Waals surface area contributed by atoms with E-state index in [1.807, 2.05) is 42.5 Å². The molecule has 0 aliphatic rings. The Morgan fingerprint density at radius 3 is 2.22 bits per heavy atom. The Morgan fingerprint density at radius 1 is 0.889 bits per heavy atom. The molecule has 0 heterocycles. The molecule has 2 rings (SSSR count). The van der Waals surface area contributed by atoms with Gasteiger partial charge >= 0.3 is 0 Å². The first-order valence-corrected chi connectivity index (χ1v) is 5.16. The molecule has 4 nitrogen and oxygen atoms in total. The first kappa shape index (κ1) is 13.9. The van der Waals surface area contributed by atoms with Gasteiger partial charge in [-0.1, -0.05) is 24.3 Å². The van der Waals surface area contributed by atoms with Crippen LogP contribution >= 0.6 is 0 Å². The fourth-order valence-electron chi connectivity index (χ4n) is 1.39. The van der Waals surface area contributed by atoms with Crippen molar-refractivity contribution < 1.29 is 17.1 Å². The van der Waals surface area contributed by atoms with Crippen molar-refractivity contribution >= 4 is 11.6 Å². The maximum atomic E-state index is 5.65. The maximum absolute atomic E-state index is 5.65. The summed E-state index contributed by atoms with van der Waals surface area (Å²) in [5.41, 5.74) is 11.3. The predicted molar refractivity (Wildman–Crippen MR) is 68.4 cm³/mol. The first-order chi connectivity index (χ1) is 8.24. The molecule has 0 saturated heterocycles. The second-order valence-electron chi connectivity index (χ2n) is 3.45. The van der Waals surface area contributed by atoms with Crippen molar-refractivity contribution in [2.24, 2.45) is 16.5 Å². The van der Waals surface area contributed by atoms with Gasteiger partial charge in [0.05, 0.1) is 5.69 Å². The lowest BCUT2D eigenvalue weighted by Crippen LogP contribution is -3.00. The van der Waals surface area contributed by atoms with E-state index in [0.29, 0.717) is 11.4 Å². The zero-order valence-corrected chi connectivity index (χ0v) is 10.3. The van der Waals surface area contributed by atoms with E-state index in [9.17, 15) is 0 Å². The monoisotopic (exact) mass is 262 g/mol. The number of hydrogen-bond donors (Lipinski definition) is 2. The molecule has 0 aliphatic carbocycles. The number of guanidine groups is 1. The van der Waals surface area contributed by atoms with Crippen LogP contribution in [0.3, 0.4) is 0 Å². The average molecular weight is 263 g/mol. The highest BCUT2D eigenvalue weighted by Gasteiger charge is 1.97. The predicted octanol–water partition coefficient (Wildman–Crippen LogP) is -0.612. The summed E-state index contributed by atoms with van der Waals surface area (Å²) in [5.74, 6) is 1.50. The summed E-state index contributed by atoms with van der Waals surface area (Å²) in [6.07, 6.45) is 0. The fraction of sp³-hybridized carbons (Fsp3) is 0. The molecule has 4 N–H and O–H groups in total. The van der Waals surface area contributed by atoms with Crippen molar-refractivity contribution in [2.45, 2.75) is 0 Å². The van der Waals surface area contributed by atoms with Crippen LogP contribution in [0.15, 0.2) is 59.6 Å². The van der Waals surface area contributed by atoms with E-state index in [1.165, 1.54) is 0 Å². The highest BCUT2D eigenvalue weighted by Crippen LogP contribution is 2.24. The molecule has 0 radical (unpaired) electrons. The smallest absolute Gasteiger partial charge is 0.191 e. The average Bonchev–Trinajstić information content (AvgIpc) is 2.30. The molecule has 0 aromatic heterocycles. The number of aliphatic imine (C=N–C) groups is 1. The van der Waals surface area contributed by atoms with Crippen LogP contribution in [0.25, 0.3) is 0 Å². The number of benzene rings is 2. The summed E-state index contributed by atoms with van der Waals surface area (Å²) in [7, 11) is 0. The Hall–Kier alpha value is -2.20. The summed E-state index contributed by atoms with van der Waals surface area (Å²) >= 11 is 0. The number of nitrogens with two attached hydrogens (primary N) is 2. The van der Waals surface area contributed by atoms with E-state index in [4.69, 9.17) is 16.2 Å². The zero-order chi connectivity index (χ0) is 12.1. The summed E-state index contributed by atoms with van der Waals surface area (Å²) in [5, 5.41) is 0. The lowest BCUT2D eigenvalue weighted by atomic mass is 10.3. The number of ether oxygens (including phenoxy) is 1. The largest absolute Gasteiger partial charge is 1.00 e. The number of nitrogens with zero attached hydrogens (tertiary/aromatic N) is 1. The van der Waals surface area contributed by atoms with Gasteiger partial charge in [-0.2, -0.15) is 0 Å². The van der Waals surface area contributed by atoms with Gasteiger partial charge in [0.15, 0.2) is 5.96 Å². The van der Waals surface area contributed by atoms with Gasteiger partial charge in [-0.15, -0.1) is 0 Å². The van der Waals surface area contributed by atoms with E-state index >= 15 is 0 Å². The number of para-hydroxylation sites is 1. The van der Waals surface area contributed by atoms with E-state index < -0.39 is 0 Å². The van der Waals surface area contributed by atoms with Crippen LogP contribution in [-0.4, -0.2) is 5.96 Å².